The highest BCUT2D eigenvalue weighted by molar-refractivity contribution is 5.85. The van der Waals surface area contributed by atoms with E-state index in [1.165, 1.54) is 5.69 Å². The summed E-state index contributed by atoms with van der Waals surface area (Å²) in [5.41, 5.74) is 11.1. The molecule has 0 atom stereocenters. The number of aromatic amines is 2. The Balaban J connectivity index is 1.50. The Bertz CT molecular complexity index is 1660. The van der Waals surface area contributed by atoms with Crippen LogP contribution in [0.4, 0.5) is 5.69 Å². The highest BCUT2D eigenvalue weighted by Crippen LogP contribution is 2.22. The lowest BCUT2D eigenvalue weighted by atomic mass is 10.1. The number of nitrogens with one attached hydrogen (secondary N) is 2. The smallest absolute Gasteiger partial charge is 0.0658 e. The van der Waals surface area contributed by atoms with Crippen molar-refractivity contribution in [1.29, 1.82) is 0 Å². The van der Waals surface area contributed by atoms with Gasteiger partial charge in [0.2, 0.25) is 0 Å². The third kappa shape index (κ3) is 4.57. The van der Waals surface area contributed by atoms with Crippen LogP contribution in [0, 0.1) is 0 Å². The molecule has 8 bridgehead atoms. The number of H-pyrrole nitrogens is 2. The average molecular weight is 456 g/mol. The maximum Gasteiger partial charge on any atom is 0.0658 e. The highest BCUT2D eigenvalue weighted by atomic mass is 15.1. The van der Waals surface area contributed by atoms with Gasteiger partial charge in [0, 0.05) is 47.4 Å². The summed E-state index contributed by atoms with van der Waals surface area (Å²) in [6, 6.07) is 23.1. The van der Waals surface area contributed by atoms with Crippen molar-refractivity contribution in [3.63, 3.8) is 0 Å². The molecule has 0 fully saturated rings. The van der Waals surface area contributed by atoms with E-state index >= 15 is 0 Å². The monoisotopic (exact) mass is 455 g/mol. The number of fused-ring (bicyclic) bond motifs is 8. The summed E-state index contributed by atoms with van der Waals surface area (Å²) in [7, 11) is 4.10. The second kappa shape index (κ2) is 8.61. The van der Waals surface area contributed by atoms with Gasteiger partial charge < -0.3 is 14.9 Å². The van der Waals surface area contributed by atoms with Crippen molar-refractivity contribution in [2.75, 3.05) is 19.0 Å². The van der Waals surface area contributed by atoms with Gasteiger partial charge in [-0.1, -0.05) is 24.3 Å². The molecule has 5 nitrogen and oxygen atoms in total. The fourth-order valence-corrected chi connectivity index (χ4v) is 4.25. The SMILES string of the molecule is CN(C)c1ccc(C=Cc2cc3cc4nc(cc5ccc(cc6nc(cc2[nH]3)C=C6)[nH]5)C=C4)cc1. The number of anilines is 1. The molecule has 170 valence electrons. The van der Waals surface area contributed by atoms with Crippen molar-refractivity contribution in [1.82, 2.24) is 19.9 Å². The van der Waals surface area contributed by atoms with Crippen molar-refractivity contribution in [3.8, 4) is 0 Å². The molecule has 0 spiro atoms. The van der Waals surface area contributed by atoms with Crippen LogP contribution in [0.5, 0.6) is 0 Å². The summed E-state index contributed by atoms with van der Waals surface area (Å²) in [6.45, 7) is 0. The van der Waals surface area contributed by atoms with Crippen LogP contribution in [-0.4, -0.2) is 34.0 Å². The van der Waals surface area contributed by atoms with Crippen molar-refractivity contribution < 1.29 is 0 Å². The molecule has 0 aliphatic carbocycles. The van der Waals surface area contributed by atoms with Gasteiger partial charge in [0.05, 0.1) is 22.8 Å². The van der Waals surface area contributed by atoms with Crippen LogP contribution in [-0.2, 0) is 0 Å². The topological polar surface area (TPSA) is 60.6 Å². The molecular formula is C30H25N5. The molecular weight excluding hydrogens is 430 g/mol. The van der Waals surface area contributed by atoms with E-state index in [-0.39, 0.29) is 0 Å². The summed E-state index contributed by atoms with van der Waals surface area (Å²) >= 11 is 0. The largest absolute Gasteiger partial charge is 0.378 e. The van der Waals surface area contributed by atoms with Gasteiger partial charge in [-0.25, -0.2) is 9.97 Å². The third-order valence-electron chi connectivity index (χ3n) is 6.07. The number of hydrogen-bond acceptors (Lipinski definition) is 3. The minimum Gasteiger partial charge on any atom is -0.378 e. The molecule has 5 heteroatoms. The molecule has 1 aromatic carbocycles. The van der Waals surface area contributed by atoms with Gasteiger partial charge in [-0.05, 0) is 84.5 Å². The van der Waals surface area contributed by atoms with Gasteiger partial charge >= 0.3 is 0 Å². The zero-order valence-electron chi connectivity index (χ0n) is 19.7. The van der Waals surface area contributed by atoms with Crippen LogP contribution < -0.4 is 4.90 Å². The molecule has 0 saturated heterocycles. The van der Waals surface area contributed by atoms with Gasteiger partial charge in [-0.15, -0.1) is 0 Å². The average Bonchev–Trinajstić information content (AvgIpc) is 3.63. The van der Waals surface area contributed by atoms with Crippen LogP contribution >= 0.6 is 0 Å². The zero-order chi connectivity index (χ0) is 23.8. The first-order chi connectivity index (χ1) is 17.1. The first-order valence-electron chi connectivity index (χ1n) is 11.6. The molecule has 0 radical (unpaired) electrons. The maximum atomic E-state index is 4.79. The van der Waals surface area contributed by atoms with E-state index in [0.29, 0.717) is 0 Å². The Hall–Kier alpha value is -4.64. The van der Waals surface area contributed by atoms with Crippen LogP contribution in [0.3, 0.4) is 0 Å². The standard InChI is InChI=1S/C30H25N5/c1-35(2)29-13-4-20(5-14-29)3-6-21-15-28-18-26-10-9-24(32-26)16-22-7-8-23(31-22)17-25-11-12-27(33-25)19-30(21)34-28/h3-19,31,34H,1-2H3. The number of nitrogens with zero attached hydrogens (tertiary/aromatic N) is 3. The number of aromatic nitrogens is 4. The predicted octanol–water partition coefficient (Wildman–Crippen LogP) is 6.89. The van der Waals surface area contributed by atoms with Crippen LogP contribution in [0.25, 0.3) is 58.5 Å². The first kappa shape index (κ1) is 20.9. The van der Waals surface area contributed by atoms with Gasteiger partial charge in [-0.3, -0.25) is 0 Å². The second-order valence-corrected chi connectivity index (χ2v) is 8.95. The van der Waals surface area contributed by atoms with Crippen LogP contribution in [0.1, 0.15) is 33.9 Å². The molecule has 3 aromatic heterocycles. The lowest BCUT2D eigenvalue weighted by Crippen LogP contribution is -2.07. The van der Waals surface area contributed by atoms with E-state index < -0.39 is 0 Å². The summed E-state index contributed by atoms with van der Waals surface area (Å²) in [5.74, 6) is 0. The molecule has 5 heterocycles. The minimum atomic E-state index is 0.911. The maximum absolute atomic E-state index is 4.79. The third-order valence-corrected chi connectivity index (χ3v) is 6.07. The molecule has 2 aliphatic heterocycles. The van der Waals surface area contributed by atoms with E-state index in [1.807, 2.05) is 44.5 Å². The van der Waals surface area contributed by atoms with E-state index in [2.05, 4.69) is 87.7 Å². The fraction of sp³-hybridized carbons (Fsp3) is 0.0667. The van der Waals surface area contributed by atoms with Crippen LogP contribution in [0.15, 0.2) is 66.7 Å². The van der Waals surface area contributed by atoms with Gasteiger partial charge in [0.25, 0.3) is 0 Å². The lowest BCUT2D eigenvalue weighted by molar-refractivity contribution is 1.13. The normalized spacial score (nSPS) is 12.5. The van der Waals surface area contributed by atoms with E-state index in [4.69, 9.17) is 9.97 Å². The van der Waals surface area contributed by atoms with Crippen molar-refractivity contribution >= 4 is 64.2 Å². The lowest BCUT2D eigenvalue weighted by Gasteiger charge is -2.11. The Morgan fingerprint density at radius 2 is 1.17 bits per heavy atom. The minimum absolute atomic E-state index is 0.911. The van der Waals surface area contributed by atoms with E-state index in [9.17, 15) is 0 Å². The van der Waals surface area contributed by atoms with Crippen molar-refractivity contribution in [2.24, 2.45) is 0 Å². The molecule has 0 amide bonds. The Kier molecular flexibility index (Phi) is 5.15. The molecule has 2 aliphatic rings. The van der Waals surface area contributed by atoms with E-state index in [1.54, 1.807) is 0 Å². The van der Waals surface area contributed by atoms with Crippen molar-refractivity contribution in [3.05, 3.63) is 101 Å². The molecule has 6 rings (SSSR count). The van der Waals surface area contributed by atoms with E-state index in [0.717, 1.165) is 56.0 Å². The molecule has 4 aromatic rings. The highest BCUT2D eigenvalue weighted by Gasteiger charge is 2.04. The zero-order valence-corrected chi connectivity index (χ0v) is 19.7. The Labute approximate surface area is 203 Å². The molecule has 2 N–H and O–H groups in total. The van der Waals surface area contributed by atoms with Gasteiger partial charge in [-0.2, -0.15) is 0 Å². The van der Waals surface area contributed by atoms with Crippen LogP contribution in [0.2, 0.25) is 0 Å². The number of rotatable bonds is 3. The van der Waals surface area contributed by atoms with Gasteiger partial charge in [0.1, 0.15) is 0 Å². The number of benzene rings is 1. The first-order valence-corrected chi connectivity index (χ1v) is 11.6. The van der Waals surface area contributed by atoms with Crippen molar-refractivity contribution in [2.45, 2.75) is 0 Å². The summed E-state index contributed by atoms with van der Waals surface area (Å²) in [4.78, 5) is 18.6. The van der Waals surface area contributed by atoms with Gasteiger partial charge in [0.15, 0.2) is 0 Å². The molecule has 0 unspecified atom stereocenters. The summed E-state index contributed by atoms with van der Waals surface area (Å²) < 4.78 is 0. The number of hydrogen-bond donors (Lipinski definition) is 2. The fourth-order valence-electron chi connectivity index (χ4n) is 4.25. The summed E-state index contributed by atoms with van der Waals surface area (Å²) in [5, 5.41) is 0. The summed E-state index contributed by atoms with van der Waals surface area (Å²) in [6.07, 6.45) is 12.4. The second-order valence-electron chi connectivity index (χ2n) is 8.95. The predicted molar refractivity (Wildman–Crippen MR) is 149 cm³/mol. The molecule has 0 saturated carbocycles. The Morgan fingerprint density at radius 1 is 0.600 bits per heavy atom. The Morgan fingerprint density at radius 3 is 1.77 bits per heavy atom. The molecule has 35 heavy (non-hydrogen) atoms. The quantitative estimate of drug-likeness (QED) is 0.305.